The van der Waals surface area contributed by atoms with Crippen LogP contribution in [-0.4, -0.2) is 11.2 Å². The van der Waals surface area contributed by atoms with E-state index in [0.29, 0.717) is 0 Å². The van der Waals surface area contributed by atoms with Gasteiger partial charge in [0.15, 0.2) is 0 Å². The first-order valence-electron chi connectivity index (χ1n) is 4.84. The maximum atomic E-state index is 5.40. The lowest BCUT2D eigenvalue weighted by Gasteiger charge is -2.16. The molecular formula is C11H17NO. The van der Waals surface area contributed by atoms with Crippen LogP contribution in [0.15, 0.2) is 12.3 Å². The molecule has 2 heterocycles. The number of hydrogen-bond acceptors (Lipinski definition) is 1. The number of hydrogen-bond donors (Lipinski definition) is 0. The molecule has 2 nitrogen and oxygen atoms in total. The topological polar surface area (TPSA) is 14.2 Å². The van der Waals surface area contributed by atoms with Gasteiger partial charge in [0.05, 0.1) is 13.2 Å². The molecule has 0 saturated heterocycles. The van der Waals surface area contributed by atoms with Gasteiger partial charge in [-0.3, -0.25) is 0 Å². The van der Waals surface area contributed by atoms with Gasteiger partial charge in [-0.1, -0.05) is 20.8 Å². The van der Waals surface area contributed by atoms with Crippen molar-refractivity contribution in [1.29, 1.82) is 0 Å². The molecule has 1 aliphatic heterocycles. The van der Waals surface area contributed by atoms with Crippen LogP contribution in [0.25, 0.3) is 0 Å². The highest BCUT2D eigenvalue weighted by Gasteiger charge is 2.18. The lowest BCUT2D eigenvalue weighted by molar-refractivity contribution is 0.0850. The monoisotopic (exact) mass is 179 g/mol. The standard InChI is InChI=1S/C11H17NO/c1-11(2,3)9-6-10-8-13-5-4-12(10)7-9/h6-7H,4-5,8H2,1-3H3. The SMILES string of the molecule is CC(C)(C)c1cc2n(c1)CCOC2. The van der Waals surface area contributed by atoms with E-state index in [4.69, 9.17) is 4.74 Å². The molecule has 0 aliphatic carbocycles. The maximum absolute atomic E-state index is 5.40. The molecule has 2 heteroatoms. The third-order valence-corrected chi connectivity index (χ3v) is 2.58. The van der Waals surface area contributed by atoms with Crippen LogP contribution in [-0.2, 0) is 23.3 Å². The molecule has 0 fully saturated rings. The number of nitrogens with zero attached hydrogens (tertiary/aromatic N) is 1. The molecule has 0 N–H and O–H groups in total. The van der Waals surface area contributed by atoms with Crippen LogP contribution in [0.2, 0.25) is 0 Å². The van der Waals surface area contributed by atoms with Crippen molar-refractivity contribution in [1.82, 2.24) is 4.57 Å². The summed E-state index contributed by atoms with van der Waals surface area (Å²) < 4.78 is 7.71. The van der Waals surface area contributed by atoms with Crippen LogP contribution in [0, 0.1) is 0 Å². The molecule has 0 atom stereocenters. The summed E-state index contributed by atoms with van der Waals surface area (Å²) in [5.74, 6) is 0. The first-order valence-corrected chi connectivity index (χ1v) is 4.84. The minimum Gasteiger partial charge on any atom is -0.373 e. The fourth-order valence-corrected chi connectivity index (χ4v) is 1.63. The average molecular weight is 179 g/mol. The van der Waals surface area contributed by atoms with Gasteiger partial charge in [0.1, 0.15) is 0 Å². The summed E-state index contributed by atoms with van der Waals surface area (Å²) in [7, 11) is 0. The zero-order chi connectivity index (χ0) is 9.47. The van der Waals surface area contributed by atoms with E-state index >= 15 is 0 Å². The number of fused-ring (bicyclic) bond motifs is 1. The van der Waals surface area contributed by atoms with Crippen LogP contribution >= 0.6 is 0 Å². The normalized spacial score (nSPS) is 17.2. The molecule has 2 rings (SSSR count). The Hall–Kier alpha value is -0.760. The highest BCUT2D eigenvalue weighted by molar-refractivity contribution is 5.25. The number of aromatic nitrogens is 1. The van der Waals surface area contributed by atoms with Gasteiger partial charge < -0.3 is 9.30 Å². The molecule has 1 aliphatic rings. The van der Waals surface area contributed by atoms with Crippen molar-refractivity contribution in [2.24, 2.45) is 0 Å². The predicted octanol–water partition coefficient (Wildman–Crippen LogP) is 2.32. The third kappa shape index (κ3) is 1.63. The van der Waals surface area contributed by atoms with Crippen molar-refractivity contribution < 1.29 is 4.74 Å². The second-order valence-corrected chi connectivity index (χ2v) is 4.72. The van der Waals surface area contributed by atoms with Gasteiger partial charge in [-0.05, 0) is 17.0 Å². The highest BCUT2D eigenvalue weighted by Crippen LogP contribution is 2.25. The summed E-state index contributed by atoms with van der Waals surface area (Å²) in [4.78, 5) is 0. The van der Waals surface area contributed by atoms with Gasteiger partial charge in [0.2, 0.25) is 0 Å². The second kappa shape index (κ2) is 2.88. The fraction of sp³-hybridized carbons (Fsp3) is 0.636. The van der Waals surface area contributed by atoms with Crippen molar-refractivity contribution in [3.63, 3.8) is 0 Å². The summed E-state index contributed by atoms with van der Waals surface area (Å²) in [6.07, 6.45) is 2.26. The summed E-state index contributed by atoms with van der Waals surface area (Å²) in [6, 6.07) is 2.26. The van der Waals surface area contributed by atoms with E-state index in [0.717, 1.165) is 19.8 Å². The Labute approximate surface area is 79.5 Å². The maximum Gasteiger partial charge on any atom is 0.0868 e. The van der Waals surface area contributed by atoms with Gasteiger partial charge in [-0.2, -0.15) is 0 Å². The van der Waals surface area contributed by atoms with E-state index in [9.17, 15) is 0 Å². The Kier molecular flexibility index (Phi) is 1.95. The van der Waals surface area contributed by atoms with E-state index in [-0.39, 0.29) is 5.41 Å². The van der Waals surface area contributed by atoms with Gasteiger partial charge in [0.25, 0.3) is 0 Å². The summed E-state index contributed by atoms with van der Waals surface area (Å²) >= 11 is 0. The Morgan fingerprint density at radius 2 is 2.15 bits per heavy atom. The van der Waals surface area contributed by atoms with Gasteiger partial charge in [-0.15, -0.1) is 0 Å². The molecule has 0 bridgehead atoms. The molecule has 72 valence electrons. The summed E-state index contributed by atoms with van der Waals surface area (Å²) in [5, 5.41) is 0. The van der Waals surface area contributed by atoms with Crippen molar-refractivity contribution in [2.75, 3.05) is 6.61 Å². The van der Waals surface area contributed by atoms with Crippen molar-refractivity contribution in [3.8, 4) is 0 Å². The summed E-state index contributed by atoms with van der Waals surface area (Å²) in [5.41, 5.74) is 2.98. The molecular weight excluding hydrogens is 162 g/mol. The highest BCUT2D eigenvalue weighted by atomic mass is 16.5. The van der Waals surface area contributed by atoms with Crippen LogP contribution in [0.4, 0.5) is 0 Å². The van der Waals surface area contributed by atoms with Crippen molar-refractivity contribution in [2.45, 2.75) is 39.3 Å². The third-order valence-electron chi connectivity index (χ3n) is 2.58. The Morgan fingerprint density at radius 3 is 2.77 bits per heavy atom. The molecule has 0 aromatic carbocycles. The molecule has 0 radical (unpaired) electrons. The minimum atomic E-state index is 0.254. The van der Waals surface area contributed by atoms with Crippen molar-refractivity contribution >= 4 is 0 Å². The molecule has 0 amide bonds. The molecule has 1 aromatic rings. The smallest absolute Gasteiger partial charge is 0.0868 e. The first kappa shape index (κ1) is 8.82. The molecule has 0 spiro atoms. The van der Waals surface area contributed by atoms with Crippen LogP contribution in [0.3, 0.4) is 0 Å². The Morgan fingerprint density at radius 1 is 1.38 bits per heavy atom. The zero-order valence-corrected chi connectivity index (χ0v) is 8.63. The Bertz CT molecular complexity index is 283. The van der Waals surface area contributed by atoms with Gasteiger partial charge in [-0.25, -0.2) is 0 Å². The van der Waals surface area contributed by atoms with E-state index in [1.54, 1.807) is 0 Å². The number of rotatable bonds is 0. The quantitative estimate of drug-likeness (QED) is 0.596. The van der Waals surface area contributed by atoms with E-state index < -0.39 is 0 Å². The average Bonchev–Trinajstić information content (AvgIpc) is 2.45. The zero-order valence-electron chi connectivity index (χ0n) is 8.63. The minimum absolute atomic E-state index is 0.254. The number of ether oxygens (including phenoxy) is 1. The fourth-order valence-electron chi connectivity index (χ4n) is 1.63. The molecule has 0 unspecified atom stereocenters. The molecule has 13 heavy (non-hydrogen) atoms. The van der Waals surface area contributed by atoms with Crippen LogP contribution in [0.1, 0.15) is 32.0 Å². The Balaban J connectivity index is 2.36. The van der Waals surface area contributed by atoms with E-state index in [2.05, 4.69) is 37.6 Å². The van der Waals surface area contributed by atoms with E-state index in [1.807, 2.05) is 0 Å². The lowest BCUT2D eigenvalue weighted by atomic mass is 9.89. The van der Waals surface area contributed by atoms with Gasteiger partial charge >= 0.3 is 0 Å². The molecule has 1 aromatic heterocycles. The van der Waals surface area contributed by atoms with Crippen LogP contribution in [0.5, 0.6) is 0 Å². The lowest BCUT2D eigenvalue weighted by Crippen LogP contribution is -2.14. The second-order valence-electron chi connectivity index (χ2n) is 4.72. The van der Waals surface area contributed by atoms with Gasteiger partial charge in [0, 0.05) is 18.4 Å². The van der Waals surface area contributed by atoms with Crippen molar-refractivity contribution in [3.05, 3.63) is 23.5 Å². The first-order chi connectivity index (χ1) is 6.07. The van der Waals surface area contributed by atoms with Crippen LogP contribution < -0.4 is 0 Å². The largest absolute Gasteiger partial charge is 0.373 e. The molecule has 0 saturated carbocycles. The summed E-state index contributed by atoms with van der Waals surface area (Å²) in [6.45, 7) is 9.37. The predicted molar refractivity (Wildman–Crippen MR) is 52.8 cm³/mol. The van der Waals surface area contributed by atoms with E-state index in [1.165, 1.54) is 11.3 Å².